The number of carbonyl (C=O) groups is 1. The third-order valence-corrected chi connectivity index (χ3v) is 3.36. The average Bonchev–Trinajstić information content (AvgIpc) is 2.45. The van der Waals surface area contributed by atoms with Gasteiger partial charge in [0.2, 0.25) is 5.91 Å². The van der Waals surface area contributed by atoms with Gasteiger partial charge >= 0.3 is 0 Å². The third-order valence-electron chi connectivity index (χ3n) is 2.37. The molecular formula is C10H18N2OS. The molecule has 3 nitrogen and oxygen atoms in total. The number of nitrogens with zero attached hydrogens (tertiary/aromatic N) is 2. The molecule has 0 aromatic carbocycles. The molecule has 0 aromatic rings. The first-order chi connectivity index (χ1) is 6.56. The Hall–Kier alpha value is -0.480. The normalized spacial score (nSPS) is 17.1. The van der Waals surface area contributed by atoms with E-state index in [0.717, 1.165) is 18.7 Å². The van der Waals surface area contributed by atoms with Gasteiger partial charge in [-0.05, 0) is 33.7 Å². The van der Waals surface area contributed by atoms with Crippen molar-refractivity contribution in [1.82, 2.24) is 9.80 Å². The molecule has 0 spiro atoms. The monoisotopic (exact) mass is 214 g/mol. The summed E-state index contributed by atoms with van der Waals surface area (Å²) in [6.45, 7) is 3.39. The van der Waals surface area contributed by atoms with Crippen molar-refractivity contribution in [3.63, 3.8) is 0 Å². The molecule has 0 aliphatic carbocycles. The molecule has 1 rings (SSSR count). The molecule has 0 unspecified atom stereocenters. The minimum atomic E-state index is 0.205. The summed E-state index contributed by atoms with van der Waals surface area (Å²) in [6, 6.07) is 0. The molecule has 0 aromatic heterocycles. The van der Waals surface area contributed by atoms with Gasteiger partial charge in [-0.2, -0.15) is 0 Å². The molecule has 14 heavy (non-hydrogen) atoms. The number of likely N-dealkylation sites (N-methyl/N-ethyl adjacent to an activating group) is 1. The predicted octanol–water partition coefficient (Wildman–Crippen LogP) is 1.37. The fraction of sp³-hybridized carbons (Fsp3) is 0.700. The highest BCUT2D eigenvalue weighted by molar-refractivity contribution is 8.02. The molecule has 4 heteroatoms. The highest BCUT2D eigenvalue weighted by atomic mass is 32.2. The second kappa shape index (κ2) is 4.84. The Morgan fingerprint density at radius 2 is 2.21 bits per heavy atom. The second-order valence-electron chi connectivity index (χ2n) is 3.75. The summed E-state index contributed by atoms with van der Waals surface area (Å²) in [5.41, 5.74) is 1.14. The van der Waals surface area contributed by atoms with Crippen LogP contribution in [0, 0.1) is 0 Å². The number of allylic oxidation sites excluding steroid dienone is 1. The Balaban J connectivity index is 2.63. The van der Waals surface area contributed by atoms with E-state index in [-0.39, 0.29) is 5.91 Å². The predicted molar refractivity (Wildman–Crippen MR) is 61.1 cm³/mol. The molecule has 0 saturated carbocycles. The molecule has 0 N–H and O–H groups in total. The van der Waals surface area contributed by atoms with Gasteiger partial charge in [0.05, 0.1) is 6.54 Å². The molecule has 80 valence electrons. The van der Waals surface area contributed by atoms with Crippen molar-refractivity contribution in [1.29, 1.82) is 0 Å². The van der Waals surface area contributed by atoms with Crippen LogP contribution < -0.4 is 0 Å². The van der Waals surface area contributed by atoms with Gasteiger partial charge in [-0.1, -0.05) is 0 Å². The minimum Gasteiger partial charge on any atom is -0.314 e. The summed E-state index contributed by atoms with van der Waals surface area (Å²) in [4.78, 5) is 16.9. The molecule has 1 aliphatic rings. The number of thioether (sulfide) groups is 1. The zero-order chi connectivity index (χ0) is 10.7. The largest absolute Gasteiger partial charge is 0.314 e. The zero-order valence-corrected chi connectivity index (χ0v) is 10.1. The number of amides is 1. The van der Waals surface area contributed by atoms with Crippen molar-refractivity contribution in [2.75, 3.05) is 33.4 Å². The molecule has 0 saturated heterocycles. The van der Waals surface area contributed by atoms with E-state index in [1.807, 2.05) is 30.8 Å². The van der Waals surface area contributed by atoms with Gasteiger partial charge in [0.15, 0.2) is 0 Å². The standard InChI is InChI=1S/C10H18N2OS/c1-8-9(14-4)5-6-12(8)10(13)7-11(2)3/h5-7H2,1-4H3. The summed E-state index contributed by atoms with van der Waals surface area (Å²) >= 11 is 1.75. The van der Waals surface area contributed by atoms with Gasteiger partial charge in [-0.15, -0.1) is 11.8 Å². The molecular weight excluding hydrogens is 196 g/mol. The number of hydrogen-bond donors (Lipinski definition) is 0. The van der Waals surface area contributed by atoms with Crippen LogP contribution in [0.2, 0.25) is 0 Å². The Kier molecular flexibility index (Phi) is 4.01. The quantitative estimate of drug-likeness (QED) is 0.709. The smallest absolute Gasteiger partial charge is 0.240 e. The molecule has 0 radical (unpaired) electrons. The van der Waals surface area contributed by atoms with E-state index in [9.17, 15) is 4.79 Å². The topological polar surface area (TPSA) is 23.6 Å². The van der Waals surface area contributed by atoms with Crippen molar-refractivity contribution in [3.8, 4) is 0 Å². The Bertz CT molecular complexity index is 261. The van der Waals surface area contributed by atoms with Crippen LogP contribution in [0.5, 0.6) is 0 Å². The summed E-state index contributed by atoms with van der Waals surface area (Å²) in [6.07, 6.45) is 3.09. The highest BCUT2D eigenvalue weighted by Gasteiger charge is 2.23. The van der Waals surface area contributed by atoms with Gasteiger partial charge in [-0.25, -0.2) is 0 Å². The maximum Gasteiger partial charge on any atom is 0.240 e. The Morgan fingerprint density at radius 3 is 2.64 bits per heavy atom. The minimum absolute atomic E-state index is 0.205. The molecule has 1 amide bonds. The maximum atomic E-state index is 11.8. The Morgan fingerprint density at radius 1 is 1.57 bits per heavy atom. The number of rotatable bonds is 3. The van der Waals surface area contributed by atoms with Gasteiger partial charge < -0.3 is 9.80 Å². The lowest BCUT2D eigenvalue weighted by Gasteiger charge is -2.20. The van der Waals surface area contributed by atoms with Crippen molar-refractivity contribution in [3.05, 3.63) is 10.6 Å². The van der Waals surface area contributed by atoms with Crippen LogP contribution in [0.1, 0.15) is 13.3 Å². The van der Waals surface area contributed by atoms with E-state index >= 15 is 0 Å². The van der Waals surface area contributed by atoms with Crippen LogP contribution in [0.25, 0.3) is 0 Å². The van der Waals surface area contributed by atoms with Crippen molar-refractivity contribution >= 4 is 17.7 Å². The van der Waals surface area contributed by atoms with Crippen LogP contribution in [-0.2, 0) is 4.79 Å². The van der Waals surface area contributed by atoms with Gasteiger partial charge in [0.1, 0.15) is 0 Å². The molecule has 1 heterocycles. The van der Waals surface area contributed by atoms with Crippen LogP contribution in [0.3, 0.4) is 0 Å². The van der Waals surface area contributed by atoms with Crippen LogP contribution in [0.15, 0.2) is 10.6 Å². The summed E-state index contributed by atoms with van der Waals surface area (Å²) < 4.78 is 0. The van der Waals surface area contributed by atoms with Crippen molar-refractivity contribution < 1.29 is 4.79 Å². The van der Waals surface area contributed by atoms with E-state index in [2.05, 4.69) is 6.26 Å². The highest BCUT2D eigenvalue weighted by Crippen LogP contribution is 2.29. The van der Waals surface area contributed by atoms with E-state index in [1.54, 1.807) is 11.8 Å². The van der Waals surface area contributed by atoms with Crippen molar-refractivity contribution in [2.24, 2.45) is 0 Å². The van der Waals surface area contributed by atoms with Gasteiger partial charge in [0, 0.05) is 17.1 Å². The lowest BCUT2D eigenvalue weighted by molar-refractivity contribution is -0.129. The molecule has 0 atom stereocenters. The summed E-state index contributed by atoms with van der Waals surface area (Å²) in [5, 5.41) is 0. The summed E-state index contributed by atoms with van der Waals surface area (Å²) in [7, 11) is 3.84. The zero-order valence-electron chi connectivity index (χ0n) is 9.33. The second-order valence-corrected chi connectivity index (χ2v) is 4.65. The first kappa shape index (κ1) is 11.6. The number of carbonyl (C=O) groups excluding carboxylic acids is 1. The SMILES string of the molecule is CSC1=C(C)N(C(=O)CN(C)C)CC1. The van der Waals surface area contributed by atoms with Gasteiger partial charge in [0.25, 0.3) is 0 Å². The lowest BCUT2D eigenvalue weighted by atomic mass is 10.4. The van der Waals surface area contributed by atoms with E-state index in [0.29, 0.717) is 6.54 Å². The molecule has 1 aliphatic heterocycles. The first-order valence-corrected chi connectivity index (χ1v) is 5.97. The fourth-order valence-corrected chi connectivity index (χ4v) is 2.33. The third kappa shape index (κ3) is 2.51. The van der Waals surface area contributed by atoms with Gasteiger partial charge in [-0.3, -0.25) is 4.79 Å². The van der Waals surface area contributed by atoms with E-state index < -0.39 is 0 Å². The molecule has 0 fully saturated rings. The van der Waals surface area contributed by atoms with Crippen LogP contribution >= 0.6 is 11.8 Å². The molecule has 0 bridgehead atoms. The Labute approximate surface area is 90.1 Å². The van der Waals surface area contributed by atoms with E-state index in [4.69, 9.17) is 0 Å². The fourth-order valence-electron chi connectivity index (χ4n) is 1.63. The van der Waals surface area contributed by atoms with Crippen LogP contribution in [0.4, 0.5) is 0 Å². The van der Waals surface area contributed by atoms with Crippen molar-refractivity contribution in [2.45, 2.75) is 13.3 Å². The summed E-state index contributed by atoms with van der Waals surface area (Å²) in [5.74, 6) is 0.205. The first-order valence-electron chi connectivity index (χ1n) is 4.75. The van der Waals surface area contributed by atoms with Crippen LogP contribution in [-0.4, -0.2) is 49.1 Å². The number of hydrogen-bond acceptors (Lipinski definition) is 3. The van der Waals surface area contributed by atoms with E-state index in [1.165, 1.54) is 4.91 Å². The maximum absolute atomic E-state index is 11.8. The lowest BCUT2D eigenvalue weighted by Crippen LogP contribution is -2.35. The average molecular weight is 214 g/mol.